The molecule has 7 nitrogen and oxygen atoms in total. The van der Waals surface area contributed by atoms with Crippen LogP contribution in [0.15, 0.2) is 10.9 Å². The van der Waals surface area contributed by atoms with Crippen LogP contribution in [-0.4, -0.2) is 37.3 Å². The van der Waals surface area contributed by atoms with Gasteiger partial charge in [0.25, 0.3) is 5.56 Å². The third-order valence-corrected chi connectivity index (χ3v) is 3.36. The van der Waals surface area contributed by atoms with Gasteiger partial charge in [-0.1, -0.05) is 0 Å². The van der Waals surface area contributed by atoms with Crippen LogP contribution in [0.1, 0.15) is 17.8 Å². The maximum Gasteiger partial charge on any atom is 0.305 e. The zero-order valence-corrected chi connectivity index (χ0v) is 13.0. The van der Waals surface area contributed by atoms with E-state index in [9.17, 15) is 9.59 Å². The summed E-state index contributed by atoms with van der Waals surface area (Å²) in [5.74, 6) is 1.03. The summed E-state index contributed by atoms with van der Waals surface area (Å²) in [4.78, 5) is 30.6. The fourth-order valence-corrected chi connectivity index (χ4v) is 2.35. The Bertz CT molecular complexity index is 767. The van der Waals surface area contributed by atoms with E-state index in [4.69, 9.17) is 9.47 Å². The normalized spacial score (nSPS) is 10.5. The van der Waals surface area contributed by atoms with Crippen LogP contribution in [-0.2, 0) is 16.0 Å². The number of aryl methyl sites for hydroxylation is 2. The van der Waals surface area contributed by atoms with Crippen LogP contribution in [0.5, 0.6) is 11.5 Å². The molecule has 2 rings (SSSR count). The van der Waals surface area contributed by atoms with Crippen LogP contribution < -0.4 is 15.0 Å². The molecular formula is C15H18N2O5. The number of rotatable bonds is 5. The van der Waals surface area contributed by atoms with Crippen molar-refractivity contribution in [2.24, 2.45) is 0 Å². The van der Waals surface area contributed by atoms with Crippen LogP contribution >= 0.6 is 0 Å². The zero-order valence-electron chi connectivity index (χ0n) is 13.0. The lowest BCUT2D eigenvalue weighted by molar-refractivity contribution is -0.140. The van der Waals surface area contributed by atoms with Gasteiger partial charge in [-0.2, -0.15) is 0 Å². The van der Waals surface area contributed by atoms with E-state index in [-0.39, 0.29) is 17.9 Å². The van der Waals surface area contributed by atoms with E-state index >= 15 is 0 Å². The Hall–Kier alpha value is -2.57. The number of hydrogen-bond donors (Lipinski definition) is 1. The minimum Gasteiger partial charge on any atom is -0.493 e. The summed E-state index contributed by atoms with van der Waals surface area (Å²) in [5, 5.41) is 0.392. The minimum absolute atomic E-state index is 0.155. The highest BCUT2D eigenvalue weighted by atomic mass is 16.5. The van der Waals surface area contributed by atoms with Gasteiger partial charge in [0.1, 0.15) is 5.82 Å². The summed E-state index contributed by atoms with van der Waals surface area (Å²) in [6, 6.07) is 1.58. The molecule has 1 N–H and O–H groups in total. The second-order valence-corrected chi connectivity index (χ2v) is 4.71. The van der Waals surface area contributed by atoms with E-state index < -0.39 is 0 Å². The lowest BCUT2D eigenvalue weighted by atomic mass is 10.0. The maximum atomic E-state index is 12.1. The Labute approximate surface area is 127 Å². The number of benzene rings is 1. The molecule has 1 aromatic carbocycles. The molecule has 0 spiro atoms. The number of nitrogens with one attached hydrogen (secondary N) is 1. The number of H-pyrrole nitrogens is 1. The first-order valence-electron chi connectivity index (χ1n) is 6.73. The molecule has 0 unspecified atom stereocenters. The highest BCUT2D eigenvalue weighted by Gasteiger charge is 2.19. The predicted octanol–water partition coefficient (Wildman–Crippen LogP) is 1.35. The van der Waals surface area contributed by atoms with Crippen LogP contribution in [0.2, 0.25) is 0 Å². The van der Waals surface area contributed by atoms with Gasteiger partial charge in [-0.25, -0.2) is 4.98 Å². The molecule has 0 aliphatic rings. The van der Waals surface area contributed by atoms with Crippen molar-refractivity contribution >= 4 is 16.9 Å². The SMILES string of the molecule is COC(=O)CCc1c(OC)c(OC)cc2c(=O)[nH]c(C)nc12. The summed E-state index contributed by atoms with van der Waals surface area (Å²) in [6.07, 6.45) is 0.488. The summed E-state index contributed by atoms with van der Waals surface area (Å²) in [5.41, 5.74) is 0.891. The smallest absolute Gasteiger partial charge is 0.305 e. The molecule has 0 saturated heterocycles. The van der Waals surface area contributed by atoms with Gasteiger partial charge in [0, 0.05) is 12.0 Å². The van der Waals surface area contributed by atoms with Crippen molar-refractivity contribution in [3.63, 3.8) is 0 Å². The second kappa shape index (κ2) is 6.46. The van der Waals surface area contributed by atoms with Gasteiger partial charge in [-0.3, -0.25) is 9.59 Å². The van der Waals surface area contributed by atoms with Crippen molar-refractivity contribution in [1.29, 1.82) is 0 Å². The summed E-state index contributed by atoms with van der Waals surface area (Å²) in [7, 11) is 4.32. The number of hydrogen-bond acceptors (Lipinski definition) is 6. The molecule has 7 heteroatoms. The Morgan fingerprint density at radius 3 is 2.59 bits per heavy atom. The quantitative estimate of drug-likeness (QED) is 0.839. The number of methoxy groups -OCH3 is 3. The van der Waals surface area contributed by atoms with Crippen molar-refractivity contribution < 1.29 is 19.0 Å². The predicted molar refractivity (Wildman–Crippen MR) is 80.5 cm³/mol. The van der Waals surface area contributed by atoms with Gasteiger partial charge in [0.2, 0.25) is 0 Å². The highest BCUT2D eigenvalue weighted by Crippen LogP contribution is 2.36. The van der Waals surface area contributed by atoms with Crippen molar-refractivity contribution in [3.8, 4) is 11.5 Å². The van der Waals surface area contributed by atoms with Gasteiger partial charge in [-0.05, 0) is 19.4 Å². The number of carbonyl (C=O) groups excluding carboxylic acids is 1. The van der Waals surface area contributed by atoms with Crippen LogP contribution in [0.25, 0.3) is 10.9 Å². The standard InChI is InChI=1S/C15H18N2O5/c1-8-16-13-9(5-6-12(18)21-3)14(22-4)11(20-2)7-10(13)15(19)17-8/h7H,5-6H2,1-4H3,(H,16,17,19). The Balaban J connectivity index is 2.71. The maximum absolute atomic E-state index is 12.1. The lowest BCUT2D eigenvalue weighted by Crippen LogP contribution is -2.13. The Morgan fingerprint density at radius 2 is 2.00 bits per heavy atom. The second-order valence-electron chi connectivity index (χ2n) is 4.71. The third kappa shape index (κ3) is 2.88. The summed E-state index contributed by atoms with van der Waals surface area (Å²) < 4.78 is 15.3. The van der Waals surface area contributed by atoms with Gasteiger partial charge in [0.05, 0.1) is 32.2 Å². The van der Waals surface area contributed by atoms with Crippen molar-refractivity contribution in [2.45, 2.75) is 19.8 Å². The number of ether oxygens (including phenoxy) is 3. The van der Waals surface area contributed by atoms with E-state index in [2.05, 4.69) is 14.7 Å². The number of carbonyl (C=O) groups is 1. The number of nitrogens with zero attached hydrogens (tertiary/aromatic N) is 1. The molecule has 0 saturated carbocycles. The molecule has 0 amide bonds. The fourth-order valence-electron chi connectivity index (χ4n) is 2.35. The molecule has 0 fully saturated rings. The Kier molecular flexibility index (Phi) is 4.65. The summed E-state index contributed by atoms with van der Waals surface area (Å²) >= 11 is 0. The first-order valence-corrected chi connectivity index (χ1v) is 6.73. The van der Waals surface area contributed by atoms with Crippen molar-refractivity contribution in [1.82, 2.24) is 9.97 Å². The molecule has 0 aliphatic carbocycles. The number of aromatic nitrogens is 2. The first-order chi connectivity index (χ1) is 10.5. The number of aromatic amines is 1. The van der Waals surface area contributed by atoms with Crippen LogP contribution in [0.3, 0.4) is 0 Å². The lowest BCUT2D eigenvalue weighted by Gasteiger charge is -2.15. The topological polar surface area (TPSA) is 90.5 Å². The molecule has 0 atom stereocenters. The van der Waals surface area contributed by atoms with Crippen molar-refractivity contribution in [3.05, 3.63) is 27.8 Å². The monoisotopic (exact) mass is 306 g/mol. The van der Waals surface area contributed by atoms with E-state index in [1.165, 1.54) is 21.3 Å². The molecule has 2 aromatic rings. The minimum atomic E-state index is -0.348. The molecule has 1 aromatic heterocycles. The van der Waals surface area contributed by atoms with E-state index in [1.54, 1.807) is 13.0 Å². The molecule has 118 valence electrons. The van der Waals surface area contributed by atoms with E-state index in [1.807, 2.05) is 0 Å². The van der Waals surface area contributed by atoms with E-state index in [0.717, 1.165) is 0 Å². The van der Waals surface area contributed by atoms with Crippen LogP contribution in [0, 0.1) is 6.92 Å². The third-order valence-electron chi connectivity index (χ3n) is 3.36. The highest BCUT2D eigenvalue weighted by molar-refractivity contribution is 5.86. The zero-order chi connectivity index (χ0) is 16.3. The van der Waals surface area contributed by atoms with Crippen LogP contribution in [0.4, 0.5) is 0 Å². The average Bonchev–Trinajstić information content (AvgIpc) is 2.51. The molecule has 1 heterocycles. The van der Waals surface area contributed by atoms with Gasteiger partial charge in [-0.15, -0.1) is 0 Å². The molecular weight excluding hydrogens is 288 g/mol. The molecule has 22 heavy (non-hydrogen) atoms. The van der Waals surface area contributed by atoms with E-state index in [0.29, 0.717) is 40.2 Å². The first kappa shape index (κ1) is 15.8. The summed E-state index contributed by atoms with van der Waals surface area (Å²) in [6.45, 7) is 1.70. The largest absolute Gasteiger partial charge is 0.493 e. The molecule has 0 aliphatic heterocycles. The van der Waals surface area contributed by atoms with Crippen molar-refractivity contribution in [2.75, 3.05) is 21.3 Å². The van der Waals surface area contributed by atoms with Gasteiger partial charge < -0.3 is 19.2 Å². The number of esters is 1. The Morgan fingerprint density at radius 1 is 1.27 bits per heavy atom. The van der Waals surface area contributed by atoms with Gasteiger partial charge in [0.15, 0.2) is 11.5 Å². The molecule has 0 radical (unpaired) electrons. The average molecular weight is 306 g/mol. The van der Waals surface area contributed by atoms with Gasteiger partial charge >= 0.3 is 5.97 Å². The molecule has 0 bridgehead atoms. The fraction of sp³-hybridized carbons (Fsp3) is 0.400. The number of fused-ring (bicyclic) bond motifs is 1.